The van der Waals surface area contributed by atoms with Gasteiger partial charge in [0.15, 0.2) is 5.60 Å². The molecule has 3 rings (SSSR count). The highest BCUT2D eigenvalue weighted by atomic mass is 16.6. The summed E-state index contributed by atoms with van der Waals surface area (Å²) in [5.41, 5.74) is 0.633. The molecular weight excluding hydrogens is 300 g/mol. The Hall–Kier alpha value is -1.39. The summed E-state index contributed by atoms with van der Waals surface area (Å²) in [6.07, 6.45) is 5.09. The van der Waals surface area contributed by atoms with Crippen LogP contribution in [0.25, 0.3) is 0 Å². The molecule has 0 bridgehead atoms. The number of ether oxygens (including phenoxy) is 1. The number of piperidine rings is 2. The van der Waals surface area contributed by atoms with Crippen LogP contribution in [0.5, 0.6) is 0 Å². The van der Waals surface area contributed by atoms with Crippen molar-refractivity contribution in [2.45, 2.75) is 50.7 Å². The molecule has 4 nitrogen and oxygen atoms in total. The summed E-state index contributed by atoms with van der Waals surface area (Å²) >= 11 is 0. The maximum atomic E-state index is 12.3. The molecule has 0 spiro atoms. The Morgan fingerprint density at radius 3 is 2.54 bits per heavy atom. The number of likely N-dealkylation sites (tertiary alicyclic amines) is 2. The second-order valence-electron chi connectivity index (χ2n) is 7.21. The van der Waals surface area contributed by atoms with Gasteiger partial charge in [0, 0.05) is 25.9 Å². The molecule has 2 aliphatic heterocycles. The van der Waals surface area contributed by atoms with Crippen molar-refractivity contribution < 1.29 is 9.53 Å². The van der Waals surface area contributed by atoms with E-state index in [-0.39, 0.29) is 12.0 Å². The van der Waals surface area contributed by atoms with Gasteiger partial charge in [0.2, 0.25) is 0 Å². The number of hydrogen-bond donors (Lipinski definition) is 0. The second-order valence-corrected chi connectivity index (χ2v) is 7.21. The molecule has 1 aromatic rings. The number of carbonyl (C=O) groups excluding carboxylic acids is 1. The summed E-state index contributed by atoms with van der Waals surface area (Å²) in [4.78, 5) is 17.3. The van der Waals surface area contributed by atoms with Crippen LogP contribution in [-0.4, -0.2) is 55.0 Å². The van der Waals surface area contributed by atoms with Gasteiger partial charge in [-0.05, 0) is 38.5 Å². The lowest BCUT2D eigenvalue weighted by atomic mass is 9.78. The first-order valence-electron chi connectivity index (χ1n) is 9.35. The molecule has 24 heavy (non-hydrogen) atoms. The van der Waals surface area contributed by atoms with Gasteiger partial charge in [-0.25, -0.2) is 0 Å². The number of likely N-dealkylation sites (N-methyl/N-ethyl adjacent to an activating group) is 1. The molecule has 2 atom stereocenters. The van der Waals surface area contributed by atoms with Crippen LogP contribution in [0, 0.1) is 0 Å². The van der Waals surface area contributed by atoms with Gasteiger partial charge in [0.25, 0.3) is 0 Å². The largest absolute Gasteiger partial charge is 0.452 e. The Balaban J connectivity index is 1.99. The summed E-state index contributed by atoms with van der Waals surface area (Å²) in [5.74, 6) is -0.0922. The Morgan fingerprint density at radius 2 is 1.88 bits per heavy atom. The van der Waals surface area contributed by atoms with Crippen molar-refractivity contribution in [1.82, 2.24) is 9.80 Å². The lowest BCUT2D eigenvalue weighted by Crippen LogP contribution is -2.62. The highest BCUT2D eigenvalue weighted by molar-refractivity contribution is 5.70. The van der Waals surface area contributed by atoms with Crippen LogP contribution in [-0.2, 0) is 15.1 Å². The maximum Gasteiger partial charge on any atom is 0.306 e. The van der Waals surface area contributed by atoms with E-state index in [9.17, 15) is 4.79 Å². The number of rotatable bonds is 4. The Bertz CT molecular complexity index is 542. The SMILES string of the molecule is CCC(=O)OC1(c2ccccc2)CCN(C)CC1N1CCCCC1. The van der Waals surface area contributed by atoms with Crippen LogP contribution < -0.4 is 0 Å². The summed E-state index contributed by atoms with van der Waals surface area (Å²) < 4.78 is 6.22. The van der Waals surface area contributed by atoms with Crippen molar-refractivity contribution in [3.8, 4) is 0 Å². The molecule has 0 saturated carbocycles. The van der Waals surface area contributed by atoms with E-state index in [1.54, 1.807) is 0 Å². The van der Waals surface area contributed by atoms with Crippen LogP contribution in [0.15, 0.2) is 30.3 Å². The van der Waals surface area contributed by atoms with E-state index >= 15 is 0 Å². The van der Waals surface area contributed by atoms with Crippen molar-refractivity contribution in [1.29, 1.82) is 0 Å². The molecule has 2 aliphatic rings. The zero-order valence-electron chi connectivity index (χ0n) is 15.0. The molecular formula is C20H30N2O2. The third-order valence-corrected chi connectivity index (χ3v) is 5.57. The van der Waals surface area contributed by atoms with Crippen LogP contribution in [0.2, 0.25) is 0 Å². The van der Waals surface area contributed by atoms with Gasteiger partial charge in [-0.15, -0.1) is 0 Å². The number of hydrogen-bond acceptors (Lipinski definition) is 4. The molecule has 2 heterocycles. The predicted octanol–water partition coefficient (Wildman–Crippen LogP) is 3.03. The molecule has 0 aromatic heterocycles. The highest BCUT2D eigenvalue weighted by Gasteiger charge is 2.49. The van der Waals surface area contributed by atoms with Gasteiger partial charge >= 0.3 is 5.97 Å². The first-order chi connectivity index (χ1) is 11.7. The van der Waals surface area contributed by atoms with E-state index < -0.39 is 5.60 Å². The molecule has 2 saturated heterocycles. The van der Waals surface area contributed by atoms with Crippen LogP contribution in [0.3, 0.4) is 0 Å². The summed E-state index contributed by atoms with van der Waals surface area (Å²) in [7, 11) is 2.17. The highest BCUT2D eigenvalue weighted by Crippen LogP contribution is 2.40. The zero-order chi connectivity index (χ0) is 17.0. The summed E-state index contributed by atoms with van der Waals surface area (Å²) in [6.45, 7) is 6.00. The number of nitrogens with zero attached hydrogens (tertiary/aromatic N) is 2. The molecule has 0 radical (unpaired) electrons. The van der Waals surface area contributed by atoms with Crippen LogP contribution in [0.1, 0.15) is 44.6 Å². The van der Waals surface area contributed by atoms with Crippen LogP contribution >= 0.6 is 0 Å². The minimum absolute atomic E-state index is 0.0922. The third-order valence-electron chi connectivity index (χ3n) is 5.57. The molecule has 1 aromatic carbocycles. The Kier molecular flexibility index (Phi) is 5.57. The third kappa shape index (κ3) is 3.50. The average Bonchev–Trinajstić information content (AvgIpc) is 2.64. The first-order valence-corrected chi connectivity index (χ1v) is 9.35. The van der Waals surface area contributed by atoms with E-state index in [2.05, 4.69) is 41.1 Å². The number of esters is 1. The predicted molar refractivity (Wildman–Crippen MR) is 95.8 cm³/mol. The first kappa shape index (κ1) is 17.4. The van der Waals surface area contributed by atoms with Crippen molar-refractivity contribution in [2.24, 2.45) is 0 Å². The van der Waals surface area contributed by atoms with Crippen molar-refractivity contribution in [3.63, 3.8) is 0 Å². The molecule has 4 heteroatoms. The average molecular weight is 330 g/mol. The fourth-order valence-electron chi connectivity index (χ4n) is 4.21. The van der Waals surface area contributed by atoms with Gasteiger partial charge in [0.05, 0.1) is 6.04 Å². The van der Waals surface area contributed by atoms with Crippen molar-refractivity contribution >= 4 is 5.97 Å². The molecule has 2 fully saturated rings. The normalized spacial score (nSPS) is 29.3. The molecule has 0 amide bonds. The lowest BCUT2D eigenvalue weighted by molar-refractivity contribution is -0.179. The maximum absolute atomic E-state index is 12.3. The van der Waals surface area contributed by atoms with Crippen LogP contribution in [0.4, 0.5) is 0 Å². The fourth-order valence-corrected chi connectivity index (χ4v) is 4.21. The number of benzene rings is 1. The lowest BCUT2D eigenvalue weighted by Gasteiger charge is -2.51. The van der Waals surface area contributed by atoms with E-state index in [1.807, 2.05) is 13.0 Å². The molecule has 0 N–H and O–H groups in total. The van der Waals surface area contributed by atoms with E-state index in [0.717, 1.165) is 38.2 Å². The molecule has 132 valence electrons. The van der Waals surface area contributed by atoms with E-state index in [4.69, 9.17) is 4.74 Å². The van der Waals surface area contributed by atoms with E-state index in [0.29, 0.717) is 6.42 Å². The smallest absolute Gasteiger partial charge is 0.306 e. The molecule has 0 aliphatic carbocycles. The van der Waals surface area contributed by atoms with Gasteiger partial charge in [0.1, 0.15) is 0 Å². The standard InChI is InChI=1S/C20H30N2O2/c1-3-19(23)24-20(17-10-6-4-7-11-17)12-15-21(2)16-18(20)22-13-8-5-9-14-22/h4,6-7,10-11,18H,3,5,8-9,12-16H2,1-2H3. The van der Waals surface area contributed by atoms with Gasteiger partial charge in [-0.1, -0.05) is 43.7 Å². The van der Waals surface area contributed by atoms with Crippen molar-refractivity contribution in [3.05, 3.63) is 35.9 Å². The second kappa shape index (κ2) is 7.66. The van der Waals surface area contributed by atoms with Crippen molar-refractivity contribution in [2.75, 3.05) is 33.2 Å². The Morgan fingerprint density at radius 1 is 1.17 bits per heavy atom. The quantitative estimate of drug-likeness (QED) is 0.795. The minimum atomic E-state index is -0.516. The van der Waals surface area contributed by atoms with Gasteiger partial charge in [-0.3, -0.25) is 9.69 Å². The monoisotopic (exact) mass is 330 g/mol. The minimum Gasteiger partial charge on any atom is -0.452 e. The Labute approximate surface area is 145 Å². The topological polar surface area (TPSA) is 32.8 Å². The summed E-state index contributed by atoms with van der Waals surface area (Å²) in [5, 5.41) is 0. The fraction of sp³-hybridized carbons (Fsp3) is 0.650. The van der Waals surface area contributed by atoms with Gasteiger partial charge < -0.3 is 9.64 Å². The summed E-state index contributed by atoms with van der Waals surface area (Å²) in [6, 6.07) is 10.6. The van der Waals surface area contributed by atoms with Gasteiger partial charge in [-0.2, -0.15) is 0 Å². The number of carbonyl (C=O) groups is 1. The molecule has 2 unspecified atom stereocenters. The zero-order valence-corrected chi connectivity index (χ0v) is 15.0. The van der Waals surface area contributed by atoms with E-state index in [1.165, 1.54) is 19.3 Å².